The molecule has 2 aromatic heterocycles. The molecule has 2 aromatic rings. The van der Waals surface area contributed by atoms with Crippen molar-refractivity contribution in [2.24, 2.45) is 5.92 Å². The van der Waals surface area contributed by atoms with Crippen LogP contribution in [-0.2, 0) is 0 Å². The number of carbonyl (C=O) groups is 1. The summed E-state index contributed by atoms with van der Waals surface area (Å²) in [6.07, 6.45) is 7.38. The van der Waals surface area contributed by atoms with Crippen LogP contribution in [0.25, 0.3) is 11.0 Å². The summed E-state index contributed by atoms with van der Waals surface area (Å²) in [5.41, 5.74) is 1.49. The van der Waals surface area contributed by atoms with Crippen LogP contribution in [0.4, 0.5) is 0 Å². The predicted octanol–water partition coefficient (Wildman–Crippen LogP) is 3.38. The van der Waals surface area contributed by atoms with Gasteiger partial charge in [0, 0.05) is 11.7 Å². The van der Waals surface area contributed by atoms with Crippen molar-refractivity contribution in [3.8, 4) is 0 Å². The third kappa shape index (κ3) is 3.47. The first kappa shape index (κ1) is 18.8. The molecule has 6 nitrogen and oxygen atoms in total. The van der Waals surface area contributed by atoms with Crippen molar-refractivity contribution < 1.29 is 9.90 Å². The lowest BCUT2D eigenvalue weighted by Crippen LogP contribution is -2.54. The van der Waals surface area contributed by atoms with E-state index in [2.05, 4.69) is 15.4 Å². The number of fused-ring (bicyclic) bond motifs is 1. The Labute approximate surface area is 155 Å². The van der Waals surface area contributed by atoms with Gasteiger partial charge in [-0.15, -0.1) is 0 Å². The molecule has 142 valence electrons. The number of aliphatic hydroxyl groups excluding tert-OH is 1. The molecular weight excluding hydrogens is 328 g/mol. The molecule has 0 aliphatic heterocycles. The van der Waals surface area contributed by atoms with Crippen molar-refractivity contribution in [1.82, 2.24) is 20.1 Å². The van der Waals surface area contributed by atoms with Crippen LogP contribution in [0.3, 0.4) is 0 Å². The molecule has 0 saturated heterocycles. The Bertz CT molecular complexity index is 792. The van der Waals surface area contributed by atoms with E-state index in [0.717, 1.165) is 42.4 Å². The van der Waals surface area contributed by atoms with Gasteiger partial charge < -0.3 is 10.4 Å². The third-order valence-electron chi connectivity index (χ3n) is 5.66. The van der Waals surface area contributed by atoms with Gasteiger partial charge in [0.2, 0.25) is 0 Å². The molecule has 2 heterocycles. The van der Waals surface area contributed by atoms with Crippen LogP contribution >= 0.6 is 0 Å². The lowest BCUT2D eigenvalue weighted by Gasteiger charge is -2.39. The highest BCUT2D eigenvalue weighted by molar-refractivity contribution is 6.05. The SMILES string of the molecule is Cc1cc(C(=O)NC(C)(CO)C2CCCCC2)c2cnn(C(C)C)c2n1. The summed E-state index contributed by atoms with van der Waals surface area (Å²) >= 11 is 0. The summed E-state index contributed by atoms with van der Waals surface area (Å²) in [6, 6.07) is 1.98. The maximum Gasteiger partial charge on any atom is 0.252 e. The number of nitrogens with one attached hydrogen (secondary N) is 1. The van der Waals surface area contributed by atoms with Gasteiger partial charge in [-0.25, -0.2) is 9.67 Å². The largest absolute Gasteiger partial charge is 0.394 e. The first-order valence-corrected chi connectivity index (χ1v) is 9.64. The minimum Gasteiger partial charge on any atom is -0.394 e. The van der Waals surface area contributed by atoms with Gasteiger partial charge in [-0.3, -0.25) is 4.79 Å². The second-order valence-corrected chi connectivity index (χ2v) is 8.10. The molecule has 3 rings (SSSR count). The predicted molar refractivity (Wildman–Crippen MR) is 102 cm³/mol. The Morgan fingerprint density at radius 1 is 1.38 bits per heavy atom. The number of aliphatic hydroxyl groups is 1. The Kier molecular flexibility index (Phi) is 5.32. The zero-order chi connectivity index (χ0) is 18.9. The minimum atomic E-state index is -0.602. The van der Waals surface area contributed by atoms with Gasteiger partial charge in [0.05, 0.1) is 29.3 Å². The summed E-state index contributed by atoms with van der Waals surface area (Å²) < 4.78 is 1.84. The van der Waals surface area contributed by atoms with E-state index in [1.54, 1.807) is 6.20 Å². The number of hydrogen-bond acceptors (Lipinski definition) is 4. The van der Waals surface area contributed by atoms with Crippen LogP contribution < -0.4 is 5.32 Å². The molecular formula is C20H30N4O2. The van der Waals surface area contributed by atoms with Gasteiger partial charge in [-0.1, -0.05) is 19.3 Å². The van der Waals surface area contributed by atoms with Crippen LogP contribution in [0.15, 0.2) is 12.3 Å². The van der Waals surface area contributed by atoms with Gasteiger partial charge in [0.25, 0.3) is 5.91 Å². The van der Waals surface area contributed by atoms with Gasteiger partial charge in [-0.2, -0.15) is 5.10 Å². The molecule has 0 aromatic carbocycles. The number of carbonyl (C=O) groups excluding carboxylic acids is 1. The molecule has 1 atom stereocenters. The fourth-order valence-electron chi connectivity index (χ4n) is 4.05. The monoisotopic (exact) mass is 358 g/mol. The van der Waals surface area contributed by atoms with Crippen LogP contribution in [0.2, 0.25) is 0 Å². The Hall–Kier alpha value is -1.95. The first-order chi connectivity index (χ1) is 12.4. The summed E-state index contributed by atoms with van der Waals surface area (Å²) in [7, 11) is 0. The van der Waals surface area contributed by atoms with E-state index in [1.807, 2.05) is 38.4 Å². The Morgan fingerprint density at radius 3 is 2.69 bits per heavy atom. The number of hydrogen-bond donors (Lipinski definition) is 2. The molecule has 2 N–H and O–H groups in total. The minimum absolute atomic E-state index is 0.0537. The van der Waals surface area contributed by atoms with Crippen LogP contribution in [0.5, 0.6) is 0 Å². The van der Waals surface area contributed by atoms with Crippen molar-refractivity contribution in [2.75, 3.05) is 6.61 Å². The molecule has 26 heavy (non-hydrogen) atoms. The number of rotatable bonds is 5. The summed E-state index contributed by atoms with van der Waals surface area (Å²) in [5.74, 6) is 0.146. The number of nitrogens with zero attached hydrogens (tertiary/aromatic N) is 3. The molecule has 0 bridgehead atoms. The molecule has 1 fully saturated rings. The van der Waals surface area contributed by atoms with Crippen molar-refractivity contribution >= 4 is 16.9 Å². The quantitative estimate of drug-likeness (QED) is 0.859. The Morgan fingerprint density at radius 2 is 2.08 bits per heavy atom. The third-order valence-corrected chi connectivity index (χ3v) is 5.66. The number of aromatic nitrogens is 3. The first-order valence-electron chi connectivity index (χ1n) is 9.64. The highest BCUT2D eigenvalue weighted by Crippen LogP contribution is 2.33. The number of amides is 1. The highest BCUT2D eigenvalue weighted by Gasteiger charge is 2.36. The molecule has 0 spiro atoms. The zero-order valence-corrected chi connectivity index (χ0v) is 16.2. The van der Waals surface area contributed by atoms with E-state index in [1.165, 1.54) is 6.42 Å². The van der Waals surface area contributed by atoms with Crippen molar-refractivity contribution in [2.45, 2.75) is 71.4 Å². The van der Waals surface area contributed by atoms with E-state index in [-0.39, 0.29) is 18.6 Å². The highest BCUT2D eigenvalue weighted by atomic mass is 16.3. The van der Waals surface area contributed by atoms with Crippen LogP contribution in [0, 0.1) is 12.8 Å². The van der Waals surface area contributed by atoms with Gasteiger partial charge in [0.15, 0.2) is 5.65 Å². The van der Waals surface area contributed by atoms with Crippen molar-refractivity contribution in [1.29, 1.82) is 0 Å². The molecule has 6 heteroatoms. The molecule has 1 aliphatic rings. The molecule has 1 amide bonds. The summed E-state index contributed by atoms with van der Waals surface area (Å²) in [6.45, 7) is 7.88. The lowest BCUT2D eigenvalue weighted by atomic mass is 9.76. The van der Waals surface area contributed by atoms with Crippen molar-refractivity contribution in [3.05, 3.63) is 23.5 Å². The van der Waals surface area contributed by atoms with E-state index < -0.39 is 5.54 Å². The van der Waals surface area contributed by atoms with Gasteiger partial charge in [0.1, 0.15) is 0 Å². The average Bonchev–Trinajstić information content (AvgIpc) is 3.05. The zero-order valence-electron chi connectivity index (χ0n) is 16.2. The number of pyridine rings is 1. The maximum atomic E-state index is 13.1. The fourth-order valence-corrected chi connectivity index (χ4v) is 4.05. The second-order valence-electron chi connectivity index (χ2n) is 8.10. The lowest BCUT2D eigenvalue weighted by molar-refractivity contribution is 0.0681. The standard InChI is InChI=1S/C20H30N4O2/c1-13(2)24-18-17(11-21-24)16(10-14(3)22-18)19(26)23-20(4,12-25)15-8-6-5-7-9-15/h10-11,13,15,25H,5-9,12H2,1-4H3,(H,23,26). The Balaban J connectivity index is 1.94. The summed E-state index contributed by atoms with van der Waals surface area (Å²) in [4.78, 5) is 17.7. The van der Waals surface area contributed by atoms with Crippen LogP contribution in [-0.4, -0.2) is 37.9 Å². The van der Waals surface area contributed by atoms with E-state index in [4.69, 9.17) is 0 Å². The smallest absolute Gasteiger partial charge is 0.252 e. The second kappa shape index (κ2) is 7.35. The maximum absolute atomic E-state index is 13.1. The van der Waals surface area contributed by atoms with Gasteiger partial charge in [-0.05, 0) is 52.5 Å². The van der Waals surface area contributed by atoms with E-state index in [9.17, 15) is 9.90 Å². The summed E-state index contributed by atoms with van der Waals surface area (Å²) in [5, 5.41) is 18.3. The fraction of sp³-hybridized carbons (Fsp3) is 0.650. The van der Waals surface area contributed by atoms with E-state index >= 15 is 0 Å². The normalized spacial score (nSPS) is 18.2. The van der Waals surface area contributed by atoms with Crippen LogP contribution in [0.1, 0.15) is 75.0 Å². The average molecular weight is 358 g/mol. The molecule has 0 radical (unpaired) electrons. The van der Waals surface area contributed by atoms with Gasteiger partial charge >= 0.3 is 0 Å². The molecule has 1 unspecified atom stereocenters. The van der Waals surface area contributed by atoms with Crippen molar-refractivity contribution in [3.63, 3.8) is 0 Å². The molecule has 1 saturated carbocycles. The topological polar surface area (TPSA) is 80.0 Å². The number of aryl methyl sites for hydroxylation is 1. The van der Waals surface area contributed by atoms with E-state index in [0.29, 0.717) is 11.5 Å². The molecule has 1 aliphatic carbocycles.